The second kappa shape index (κ2) is 11.6. The van der Waals surface area contributed by atoms with Crippen LogP contribution < -0.4 is 0 Å². The summed E-state index contributed by atoms with van der Waals surface area (Å²) in [6.07, 6.45) is 0. The largest absolute Gasteiger partial charge is 0.134 e. The lowest BCUT2D eigenvalue weighted by atomic mass is 9.85. The second-order valence-corrected chi connectivity index (χ2v) is 16.5. The molecule has 0 aliphatic carbocycles. The molecule has 250 valence electrons. The molecule has 0 nitrogen and oxygen atoms in total. The molecule has 0 radical (unpaired) electrons. The lowest BCUT2D eigenvalue weighted by molar-refractivity contribution is 1.66. The molecule has 12 aromatic rings. The van der Waals surface area contributed by atoms with Crippen LogP contribution in [0.3, 0.4) is 0 Å². The summed E-state index contributed by atoms with van der Waals surface area (Å²) < 4.78 is 5.49. The van der Waals surface area contributed by atoms with Crippen molar-refractivity contribution in [3.63, 3.8) is 0 Å². The molecule has 0 unspecified atom stereocenters. The van der Waals surface area contributed by atoms with Crippen molar-refractivity contribution in [2.24, 2.45) is 0 Å². The Kier molecular flexibility index (Phi) is 6.48. The van der Waals surface area contributed by atoms with E-state index in [4.69, 9.17) is 0 Å². The van der Waals surface area contributed by atoms with Crippen LogP contribution in [-0.2, 0) is 0 Å². The molecule has 54 heavy (non-hydrogen) atoms. The summed E-state index contributed by atoms with van der Waals surface area (Å²) in [6.45, 7) is 0. The normalized spacial score (nSPS) is 12.1. The van der Waals surface area contributed by atoms with Crippen LogP contribution in [0.2, 0.25) is 0 Å². The highest BCUT2D eigenvalue weighted by atomic mass is 32.1. The summed E-state index contributed by atoms with van der Waals surface area (Å²) in [5, 5.41) is 15.8. The van der Waals surface area contributed by atoms with Gasteiger partial charge in [-0.3, -0.25) is 0 Å². The van der Waals surface area contributed by atoms with Crippen molar-refractivity contribution in [2.45, 2.75) is 0 Å². The quantitative estimate of drug-likeness (QED) is 0.160. The molecule has 0 spiro atoms. The van der Waals surface area contributed by atoms with E-state index in [-0.39, 0.29) is 0 Å². The Morgan fingerprint density at radius 1 is 0.259 bits per heavy atom. The smallest absolute Gasteiger partial charge is 0.0455 e. The van der Waals surface area contributed by atoms with Gasteiger partial charge in [0.15, 0.2) is 0 Å². The van der Waals surface area contributed by atoms with Crippen molar-refractivity contribution in [3.8, 4) is 33.4 Å². The lowest BCUT2D eigenvalue weighted by Gasteiger charge is -2.18. The molecule has 0 saturated heterocycles. The van der Waals surface area contributed by atoms with Gasteiger partial charge in [-0.2, -0.15) is 0 Å². The van der Waals surface area contributed by atoms with Crippen molar-refractivity contribution in [1.82, 2.24) is 0 Å². The molecule has 2 heterocycles. The van der Waals surface area contributed by atoms with Crippen LogP contribution in [0.25, 0.3) is 117 Å². The highest BCUT2D eigenvalue weighted by Gasteiger charge is 2.19. The van der Waals surface area contributed by atoms with Crippen LogP contribution >= 0.6 is 22.7 Å². The molecule has 12 rings (SSSR count). The zero-order valence-corrected chi connectivity index (χ0v) is 30.8. The minimum absolute atomic E-state index is 1.24. The van der Waals surface area contributed by atoms with E-state index >= 15 is 0 Å². The molecule has 0 atom stereocenters. The number of thiophene rings is 2. The van der Waals surface area contributed by atoms with E-state index < -0.39 is 0 Å². The average Bonchev–Trinajstić information content (AvgIpc) is 3.82. The van der Waals surface area contributed by atoms with Gasteiger partial charge in [0.2, 0.25) is 0 Å². The SMILES string of the molecule is c1ccc(-c2c3ccccc3c(-c3ccc4cc(-c5ccc6sc7c(c6c5)c5ccccc5c5sc6ccccc6c57)ccc4c3)c3ccccc23)cc1. The molecule has 0 aliphatic heterocycles. The number of benzene rings is 10. The summed E-state index contributed by atoms with van der Waals surface area (Å²) >= 11 is 3.86. The fourth-order valence-electron chi connectivity index (χ4n) is 9.02. The predicted octanol–water partition coefficient (Wildman–Crippen LogP) is 16.0. The van der Waals surface area contributed by atoms with Gasteiger partial charge in [0.05, 0.1) is 0 Å². The minimum Gasteiger partial charge on any atom is -0.134 e. The van der Waals surface area contributed by atoms with Gasteiger partial charge in [-0.15, -0.1) is 22.7 Å². The zero-order valence-electron chi connectivity index (χ0n) is 29.1. The molecule has 0 saturated carbocycles. The van der Waals surface area contributed by atoms with Gasteiger partial charge in [0.25, 0.3) is 0 Å². The van der Waals surface area contributed by atoms with Crippen LogP contribution in [0.4, 0.5) is 0 Å². The van der Waals surface area contributed by atoms with Crippen LogP contribution in [0, 0.1) is 0 Å². The maximum atomic E-state index is 2.43. The van der Waals surface area contributed by atoms with Gasteiger partial charge >= 0.3 is 0 Å². The Labute approximate surface area is 319 Å². The summed E-state index contributed by atoms with van der Waals surface area (Å²) in [6, 6.07) is 67.6. The number of rotatable bonds is 3. The summed E-state index contributed by atoms with van der Waals surface area (Å²) in [7, 11) is 0. The molecular formula is C52H30S2. The fraction of sp³-hybridized carbons (Fsp3) is 0. The van der Waals surface area contributed by atoms with Gasteiger partial charge in [-0.05, 0) is 101 Å². The van der Waals surface area contributed by atoms with Gasteiger partial charge in [-0.25, -0.2) is 0 Å². The second-order valence-electron chi connectivity index (χ2n) is 14.3. The molecule has 0 amide bonds. The number of hydrogen-bond donors (Lipinski definition) is 0. The maximum Gasteiger partial charge on any atom is 0.0455 e. The van der Waals surface area contributed by atoms with Crippen LogP contribution in [0.15, 0.2) is 182 Å². The summed E-state index contributed by atoms with van der Waals surface area (Å²) in [5.41, 5.74) is 7.57. The number of hydrogen-bond acceptors (Lipinski definition) is 2. The first kappa shape index (κ1) is 30.2. The van der Waals surface area contributed by atoms with Crippen LogP contribution in [0.5, 0.6) is 0 Å². The first-order chi connectivity index (χ1) is 26.8. The molecule has 0 aliphatic rings. The van der Waals surface area contributed by atoms with E-state index in [2.05, 4.69) is 182 Å². The van der Waals surface area contributed by atoms with Crippen molar-refractivity contribution in [2.75, 3.05) is 0 Å². The van der Waals surface area contributed by atoms with Crippen molar-refractivity contribution < 1.29 is 0 Å². The Morgan fingerprint density at radius 2 is 0.741 bits per heavy atom. The van der Waals surface area contributed by atoms with E-state index in [0.717, 1.165) is 0 Å². The fourth-order valence-corrected chi connectivity index (χ4v) is 11.6. The topological polar surface area (TPSA) is 0 Å². The zero-order chi connectivity index (χ0) is 35.3. The molecule has 0 fully saturated rings. The van der Waals surface area contributed by atoms with E-state index in [0.29, 0.717) is 0 Å². The van der Waals surface area contributed by atoms with Gasteiger partial charge < -0.3 is 0 Å². The Bertz CT molecular complexity index is 3430. The Balaban J connectivity index is 1.03. The Morgan fingerprint density at radius 3 is 1.44 bits per heavy atom. The van der Waals surface area contributed by atoms with E-state index in [1.165, 1.54) is 117 Å². The van der Waals surface area contributed by atoms with Crippen molar-refractivity contribution >= 4 is 106 Å². The standard InChI is InChI=1S/C52H30S2/c1-2-12-31(13-3-1)47-37-14-4-6-16-39(37)48(40-17-7-5-15-38(40)47)36-25-24-32-28-33(22-23-34(32)29-36)35-26-27-46-44(30-35)49-41-18-8-9-19-42(41)51-50(52(49)54-46)43-20-10-11-21-45(43)53-51/h1-30H. The van der Waals surface area contributed by atoms with Crippen LogP contribution in [-0.4, -0.2) is 0 Å². The third-order valence-corrected chi connectivity index (χ3v) is 13.8. The number of fused-ring (bicyclic) bond motifs is 13. The van der Waals surface area contributed by atoms with Gasteiger partial charge in [0.1, 0.15) is 0 Å². The third kappa shape index (κ3) is 4.36. The Hall–Kier alpha value is -6.32. The van der Waals surface area contributed by atoms with E-state index in [1.807, 2.05) is 22.7 Å². The summed E-state index contributed by atoms with van der Waals surface area (Å²) in [4.78, 5) is 0. The monoisotopic (exact) mass is 718 g/mol. The molecule has 0 bridgehead atoms. The summed E-state index contributed by atoms with van der Waals surface area (Å²) in [5.74, 6) is 0. The molecule has 0 N–H and O–H groups in total. The maximum absolute atomic E-state index is 2.43. The lowest BCUT2D eigenvalue weighted by Crippen LogP contribution is -1.90. The molecule has 2 aromatic heterocycles. The molecular weight excluding hydrogens is 689 g/mol. The van der Waals surface area contributed by atoms with Gasteiger partial charge in [-0.1, -0.05) is 152 Å². The van der Waals surface area contributed by atoms with Gasteiger partial charge in [0, 0.05) is 45.7 Å². The first-order valence-electron chi connectivity index (χ1n) is 18.5. The van der Waals surface area contributed by atoms with Crippen LogP contribution in [0.1, 0.15) is 0 Å². The minimum atomic E-state index is 1.24. The average molecular weight is 719 g/mol. The van der Waals surface area contributed by atoms with Crippen molar-refractivity contribution in [3.05, 3.63) is 182 Å². The van der Waals surface area contributed by atoms with E-state index in [1.54, 1.807) is 0 Å². The predicted molar refractivity (Wildman–Crippen MR) is 239 cm³/mol. The molecule has 2 heteroatoms. The third-order valence-electron chi connectivity index (χ3n) is 11.4. The first-order valence-corrected chi connectivity index (χ1v) is 20.1. The van der Waals surface area contributed by atoms with E-state index in [9.17, 15) is 0 Å². The molecule has 10 aromatic carbocycles. The highest BCUT2D eigenvalue weighted by Crippen LogP contribution is 2.50. The highest BCUT2D eigenvalue weighted by molar-refractivity contribution is 7.30. The van der Waals surface area contributed by atoms with Crippen molar-refractivity contribution in [1.29, 1.82) is 0 Å².